The number of rotatable bonds is 9. The molecule has 2 rings (SSSR count). The van der Waals surface area contributed by atoms with Crippen molar-refractivity contribution in [3.63, 3.8) is 0 Å². The number of ether oxygens (including phenoxy) is 1. The predicted molar refractivity (Wildman–Crippen MR) is 82.0 cm³/mol. The van der Waals surface area contributed by atoms with Gasteiger partial charge in [-0.15, -0.1) is 11.3 Å². The molecule has 0 saturated carbocycles. The van der Waals surface area contributed by atoms with Gasteiger partial charge in [-0.05, 0) is 17.9 Å². The molecule has 1 amide bonds. The number of nitrogens with one attached hydrogen (secondary N) is 1. The minimum Gasteiger partial charge on any atom is -0.479 e. The van der Waals surface area contributed by atoms with Crippen molar-refractivity contribution < 1.29 is 24.0 Å². The van der Waals surface area contributed by atoms with E-state index in [1.807, 2.05) is 17.5 Å². The zero-order valence-corrected chi connectivity index (χ0v) is 13.3. The summed E-state index contributed by atoms with van der Waals surface area (Å²) >= 11 is 1.52. The molecule has 23 heavy (non-hydrogen) atoms. The number of nitrogens with zero attached hydrogens (tertiary/aromatic N) is 2. The maximum Gasteiger partial charge on any atom is 0.334 e. The van der Waals surface area contributed by atoms with Crippen LogP contribution in [0.1, 0.15) is 18.7 Å². The summed E-state index contributed by atoms with van der Waals surface area (Å²) in [6, 6.07) is 3.81. The van der Waals surface area contributed by atoms with Crippen LogP contribution in [0.5, 0.6) is 0 Å². The van der Waals surface area contributed by atoms with Gasteiger partial charge < -0.3 is 19.7 Å². The molecule has 0 aliphatic carbocycles. The first kappa shape index (κ1) is 17.1. The summed E-state index contributed by atoms with van der Waals surface area (Å²) in [5.74, 6) is -0.337. The molecule has 0 aliphatic heterocycles. The summed E-state index contributed by atoms with van der Waals surface area (Å²) in [5, 5.41) is 17.1. The molecule has 0 spiro atoms. The molecule has 2 aromatic rings. The SMILES string of the molecule is COC(CNC(=O)CCCc1nc(-c2cccs2)no1)C(=O)O. The summed E-state index contributed by atoms with van der Waals surface area (Å²) < 4.78 is 9.86. The number of hydrogen-bond acceptors (Lipinski definition) is 7. The topological polar surface area (TPSA) is 115 Å². The lowest BCUT2D eigenvalue weighted by molar-refractivity contribution is -0.148. The lowest BCUT2D eigenvalue weighted by atomic mass is 10.2. The largest absolute Gasteiger partial charge is 0.479 e. The zero-order chi connectivity index (χ0) is 16.7. The second kappa shape index (κ2) is 8.39. The quantitative estimate of drug-likeness (QED) is 0.708. The molecule has 2 N–H and O–H groups in total. The standard InChI is InChI=1S/C14H17N3O5S/c1-21-9(14(19)20)8-15-11(18)5-2-6-12-16-13(17-22-12)10-4-3-7-23-10/h3-4,7,9H,2,5-6,8H2,1H3,(H,15,18)(H,19,20). The highest BCUT2D eigenvalue weighted by atomic mass is 32.1. The highest BCUT2D eigenvalue weighted by molar-refractivity contribution is 7.13. The third kappa shape index (κ3) is 5.15. The van der Waals surface area contributed by atoms with Crippen molar-refractivity contribution in [3.8, 4) is 10.7 Å². The molecule has 1 atom stereocenters. The van der Waals surface area contributed by atoms with E-state index in [9.17, 15) is 9.59 Å². The lowest BCUT2D eigenvalue weighted by Crippen LogP contribution is -2.37. The molecular formula is C14H17N3O5S. The Hall–Kier alpha value is -2.26. The third-order valence-electron chi connectivity index (χ3n) is 3.05. The third-order valence-corrected chi connectivity index (χ3v) is 3.91. The second-order valence-corrected chi connectivity index (χ2v) is 5.66. The smallest absolute Gasteiger partial charge is 0.334 e. The number of amides is 1. The van der Waals surface area contributed by atoms with Crippen molar-refractivity contribution in [1.29, 1.82) is 0 Å². The number of carboxylic acids is 1. The first-order valence-corrected chi connectivity index (χ1v) is 7.87. The molecule has 8 nitrogen and oxygen atoms in total. The Balaban J connectivity index is 1.70. The minimum absolute atomic E-state index is 0.0618. The summed E-state index contributed by atoms with van der Waals surface area (Å²) in [4.78, 5) is 27.6. The van der Waals surface area contributed by atoms with Crippen molar-refractivity contribution in [2.24, 2.45) is 0 Å². The van der Waals surface area contributed by atoms with Gasteiger partial charge in [0.15, 0.2) is 6.10 Å². The molecule has 2 heterocycles. The molecule has 0 aromatic carbocycles. The normalized spacial score (nSPS) is 12.0. The molecule has 0 radical (unpaired) electrons. The van der Waals surface area contributed by atoms with E-state index in [1.54, 1.807) is 0 Å². The fourth-order valence-electron chi connectivity index (χ4n) is 1.83. The van der Waals surface area contributed by atoms with Crippen LogP contribution in [-0.4, -0.2) is 46.9 Å². The monoisotopic (exact) mass is 339 g/mol. The van der Waals surface area contributed by atoms with Crippen LogP contribution in [0.4, 0.5) is 0 Å². The van der Waals surface area contributed by atoms with Crippen LogP contribution in [-0.2, 0) is 20.7 Å². The van der Waals surface area contributed by atoms with Gasteiger partial charge in [0, 0.05) is 20.0 Å². The average Bonchev–Trinajstić information content (AvgIpc) is 3.18. The van der Waals surface area contributed by atoms with Crippen LogP contribution in [0.25, 0.3) is 10.7 Å². The summed E-state index contributed by atoms with van der Waals surface area (Å²) in [5.41, 5.74) is 0. The number of carboxylic acid groups (broad SMARTS) is 1. The van der Waals surface area contributed by atoms with Crippen LogP contribution in [0, 0.1) is 0 Å². The number of aliphatic carboxylic acids is 1. The first-order chi connectivity index (χ1) is 11.1. The van der Waals surface area contributed by atoms with Crippen LogP contribution in [0.2, 0.25) is 0 Å². The number of aromatic nitrogens is 2. The van der Waals surface area contributed by atoms with E-state index in [4.69, 9.17) is 14.4 Å². The van der Waals surface area contributed by atoms with E-state index in [1.165, 1.54) is 18.4 Å². The van der Waals surface area contributed by atoms with Crippen LogP contribution in [0.15, 0.2) is 22.0 Å². The maximum atomic E-state index is 11.6. The Labute approximate surface area is 136 Å². The highest BCUT2D eigenvalue weighted by Gasteiger charge is 2.17. The van der Waals surface area contributed by atoms with E-state index < -0.39 is 12.1 Å². The molecule has 0 saturated heterocycles. The number of methoxy groups -OCH3 is 1. The van der Waals surface area contributed by atoms with Crippen LogP contribution in [0.3, 0.4) is 0 Å². The van der Waals surface area contributed by atoms with E-state index in [0.717, 1.165) is 4.88 Å². The highest BCUT2D eigenvalue weighted by Crippen LogP contribution is 2.21. The van der Waals surface area contributed by atoms with Gasteiger partial charge in [0.1, 0.15) is 0 Å². The van der Waals surface area contributed by atoms with E-state index in [-0.39, 0.29) is 18.9 Å². The first-order valence-electron chi connectivity index (χ1n) is 6.99. The average molecular weight is 339 g/mol. The molecule has 124 valence electrons. The number of carbonyl (C=O) groups is 2. The van der Waals surface area contributed by atoms with Gasteiger partial charge in [-0.25, -0.2) is 4.79 Å². The Kier molecular flexibility index (Phi) is 6.24. The van der Waals surface area contributed by atoms with Gasteiger partial charge in [0.05, 0.1) is 11.4 Å². The second-order valence-electron chi connectivity index (χ2n) is 4.71. The molecule has 0 bridgehead atoms. The van der Waals surface area contributed by atoms with Gasteiger partial charge in [-0.3, -0.25) is 4.79 Å². The van der Waals surface area contributed by atoms with Crippen molar-refractivity contribution in [2.45, 2.75) is 25.4 Å². The summed E-state index contributed by atoms with van der Waals surface area (Å²) in [7, 11) is 1.28. The van der Waals surface area contributed by atoms with Gasteiger partial charge in [-0.2, -0.15) is 4.98 Å². The van der Waals surface area contributed by atoms with E-state index in [2.05, 4.69) is 15.5 Å². The molecular weight excluding hydrogens is 322 g/mol. The molecule has 1 unspecified atom stereocenters. The molecule has 0 fully saturated rings. The Morgan fingerprint density at radius 1 is 1.52 bits per heavy atom. The van der Waals surface area contributed by atoms with Gasteiger partial charge >= 0.3 is 5.97 Å². The zero-order valence-electron chi connectivity index (χ0n) is 12.5. The van der Waals surface area contributed by atoms with Gasteiger partial charge in [0.2, 0.25) is 17.6 Å². The van der Waals surface area contributed by atoms with E-state index >= 15 is 0 Å². The Bertz CT molecular complexity index is 641. The van der Waals surface area contributed by atoms with E-state index in [0.29, 0.717) is 24.6 Å². The van der Waals surface area contributed by atoms with Crippen molar-refractivity contribution >= 4 is 23.2 Å². The number of hydrogen-bond donors (Lipinski definition) is 2. The minimum atomic E-state index is -1.11. The summed E-state index contributed by atoms with van der Waals surface area (Å²) in [6.45, 7) is -0.0618. The number of thiophene rings is 1. The molecule has 2 aromatic heterocycles. The van der Waals surface area contributed by atoms with Crippen LogP contribution < -0.4 is 5.32 Å². The van der Waals surface area contributed by atoms with Crippen molar-refractivity contribution in [1.82, 2.24) is 15.5 Å². The van der Waals surface area contributed by atoms with Crippen molar-refractivity contribution in [3.05, 3.63) is 23.4 Å². The summed E-state index contributed by atoms with van der Waals surface area (Å²) in [6.07, 6.45) is 0.219. The van der Waals surface area contributed by atoms with Crippen molar-refractivity contribution in [2.75, 3.05) is 13.7 Å². The molecule has 9 heteroatoms. The van der Waals surface area contributed by atoms with Gasteiger partial charge in [-0.1, -0.05) is 11.2 Å². The fourth-order valence-corrected chi connectivity index (χ4v) is 2.48. The predicted octanol–water partition coefficient (Wildman–Crippen LogP) is 1.34. The Morgan fingerprint density at radius 2 is 2.35 bits per heavy atom. The Morgan fingerprint density at radius 3 is 3.00 bits per heavy atom. The van der Waals surface area contributed by atoms with Crippen LogP contribution >= 0.6 is 11.3 Å². The fraction of sp³-hybridized carbons (Fsp3) is 0.429. The number of carbonyl (C=O) groups excluding carboxylic acids is 1. The lowest BCUT2D eigenvalue weighted by Gasteiger charge is -2.11. The number of aryl methyl sites for hydroxylation is 1. The van der Waals surface area contributed by atoms with Gasteiger partial charge in [0.25, 0.3) is 0 Å². The maximum absolute atomic E-state index is 11.6. The molecule has 0 aliphatic rings.